The van der Waals surface area contributed by atoms with Gasteiger partial charge in [-0.3, -0.25) is 0 Å². The number of carbonyl (C=O) groups is 2. The number of carbonyl (C=O) groups excluding carboxylic acids is 2. The van der Waals surface area contributed by atoms with Crippen LogP contribution in [0.3, 0.4) is 0 Å². The largest absolute Gasteiger partial charge is 0.463 e. The van der Waals surface area contributed by atoms with Crippen LogP contribution in [0.15, 0.2) is 11.6 Å². The van der Waals surface area contributed by atoms with Crippen LogP contribution < -0.4 is 0 Å². The highest BCUT2D eigenvalue weighted by Gasteiger charge is 2.51. The molecule has 1 unspecified atom stereocenters. The van der Waals surface area contributed by atoms with Gasteiger partial charge in [0, 0.05) is 12.0 Å². The van der Waals surface area contributed by atoms with Crippen LogP contribution >= 0.6 is 0 Å². The van der Waals surface area contributed by atoms with E-state index < -0.39 is 17.5 Å². The first-order valence-corrected chi connectivity index (χ1v) is 5.04. The molecule has 1 aliphatic heterocycles. The van der Waals surface area contributed by atoms with Gasteiger partial charge in [-0.25, -0.2) is 9.59 Å². The van der Waals surface area contributed by atoms with E-state index in [2.05, 4.69) is 0 Å². The van der Waals surface area contributed by atoms with Crippen molar-refractivity contribution in [2.75, 3.05) is 6.61 Å². The van der Waals surface area contributed by atoms with Gasteiger partial charge in [0.15, 0.2) is 0 Å². The number of cyclic esters (lactones) is 1. The van der Waals surface area contributed by atoms with Crippen LogP contribution in [0.2, 0.25) is 0 Å². The Morgan fingerprint density at radius 1 is 1.60 bits per heavy atom. The third kappa shape index (κ3) is 1.76. The van der Waals surface area contributed by atoms with Crippen molar-refractivity contribution in [1.82, 2.24) is 0 Å². The Bertz CT molecular complexity index is 317. The summed E-state index contributed by atoms with van der Waals surface area (Å²) >= 11 is 0. The average Bonchev–Trinajstić information content (AvgIpc) is 2.42. The molecular formula is C11H16O4. The third-order valence-electron chi connectivity index (χ3n) is 2.57. The zero-order chi connectivity index (χ0) is 11.6. The lowest BCUT2D eigenvalue weighted by Crippen LogP contribution is -2.47. The number of rotatable bonds is 3. The summed E-state index contributed by atoms with van der Waals surface area (Å²) in [6, 6.07) is 0. The first kappa shape index (κ1) is 11.8. The molecule has 1 rings (SSSR count). The molecule has 1 atom stereocenters. The molecule has 1 heterocycles. The van der Waals surface area contributed by atoms with E-state index in [1.54, 1.807) is 13.8 Å². The topological polar surface area (TPSA) is 52.6 Å². The number of esters is 2. The van der Waals surface area contributed by atoms with Crippen LogP contribution in [0.4, 0.5) is 0 Å². The van der Waals surface area contributed by atoms with Gasteiger partial charge >= 0.3 is 11.9 Å². The summed E-state index contributed by atoms with van der Waals surface area (Å²) in [5, 5.41) is 0. The number of hydrogen-bond acceptors (Lipinski definition) is 4. The zero-order valence-electron chi connectivity index (χ0n) is 9.49. The molecular weight excluding hydrogens is 196 g/mol. The first-order valence-electron chi connectivity index (χ1n) is 5.04. The molecule has 0 radical (unpaired) electrons. The molecule has 0 fully saturated rings. The highest BCUT2D eigenvalue weighted by molar-refractivity contribution is 5.96. The zero-order valence-corrected chi connectivity index (χ0v) is 9.49. The maximum absolute atomic E-state index is 11.8. The summed E-state index contributed by atoms with van der Waals surface area (Å²) < 4.78 is 10.1. The van der Waals surface area contributed by atoms with E-state index in [-0.39, 0.29) is 12.5 Å². The predicted octanol–water partition coefficient (Wildman–Crippen LogP) is 1.45. The molecule has 0 N–H and O–H groups in total. The second-order valence-corrected chi connectivity index (χ2v) is 3.86. The first-order chi connectivity index (χ1) is 6.95. The van der Waals surface area contributed by atoms with Crippen molar-refractivity contribution in [1.29, 1.82) is 0 Å². The molecule has 1 aliphatic rings. The Balaban J connectivity index is 3.06. The molecule has 4 heteroatoms. The van der Waals surface area contributed by atoms with Crippen LogP contribution in [0, 0.1) is 5.92 Å². The quantitative estimate of drug-likeness (QED) is 0.664. The second kappa shape index (κ2) is 4.04. The summed E-state index contributed by atoms with van der Waals surface area (Å²) in [7, 11) is 0. The smallest absolute Gasteiger partial charge is 0.355 e. The standard InChI is InChI=1S/C11H16O4/c1-5-14-10(13)11(7(2)3)8(4)6-9(12)15-11/h6-7H,5H2,1-4H3. The molecule has 0 saturated carbocycles. The van der Waals surface area contributed by atoms with Gasteiger partial charge < -0.3 is 9.47 Å². The van der Waals surface area contributed by atoms with Crippen molar-refractivity contribution in [3.8, 4) is 0 Å². The number of ether oxygens (including phenoxy) is 2. The molecule has 0 aromatic carbocycles. The van der Waals surface area contributed by atoms with Gasteiger partial charge in [-0.05, 0) is 19.4 Å². The van der Waals surface area contributed by atoms with Crippen molar-refractivity contribution >= 4 is 11.9 Å². The molecule has 84 valence electrons. The predicted molar refractivity (Wildman–Crippen MR) is 54.1 cm³/mol. The lowest BCUT2D eigenvalue weighted by atomic mass is 9.84. The van der Waals surface area contributed by atoms with E-state index in [0.717, 1.165) is 0 Å². The maximum Gasteiger partial charge on any atom is 0.355 e. The lowest BCUT2D eigenvalue weighted by molar-refractivity contribution is -0.176. The summed E-state index contributed by atoms with van der Waals surface area (Å²) in [5.74, 6) is -1.10. The molecule has 4 nitrogen and oxygen atoms in total. The highest BCUT2D eigenvalue weighted by atomic mass is 16.6. The lowest BCUT2D eigenvalue weighted by Gasteiger charge is -2.30. The highest BCUT2D eigenvalue weighted by Crippen LogP contribution is 2.36. The van der Waals surface area contributed by atoms with Crippen molar-refractivity contribution in [3.63, 3.8) is 0 Å². The van der Waals surface area contributed by atoms with Gasteiger partial charge in [0.1, 0.15) is 0 Å². The van der Waals surface area contributed by atoms with Crippen molar-refractivity contribution in [2.24, 2.45) is 5.92 Å². The fourth-order valence-electron chi connectivity index (χ4n) is 1.80. The van der Waals surface area contributed by atoms with Crippen LogP contribution in [-0.4, -0.2) is 24.1 Å². The van der Waals surface area contributed by atoms with E-state index in [1.807, 2.05) is 13.8 Å². The van der Waals surface area contributed by atoms with Gasteiger partial charge in [0.25, 0.3) is 0 Å². The summed E-state index contributed by atoms with van der Waals surface area (Å²) in [6.45, 7) is 7.36. The fourth-order valence-corrected chi connectivity index (χ4v) is 1.80. The van der Waals surface area contributed by atoms with Crippen molar-refractivity contribution in [3.05, 3.63) is 11.6 Å². The molecule has 15 heavy (non-hydrogen) atoms. The minimum Gasteiger partial charge on any atom is -0.463 e. The molecule has 0 amide bonds. The molecule has 0 aliphatic carbocycles. The molecule has 0 bridgehead atoms. The Morgan fingerprint density at radius 2 is 2.20 bits per heavy atom. The molecule has 0 aromatic rings. The molecule has 0 spiro atoms. The Morgan fingerprint density at radius 3 is 2.53 bits per heavy atom. The Labute approximate surface area is 89.2 Å². The third-order valence-corrected chi connectivity index (χ3v) is 2.57. The summed E-state index contributed by atoms with van der Waals surface area (Å²) in [4.78, 5) is 23.0. The van der Waals surface area contributed by atoms with Gasteiger partial charge in [-0.1, -0.05) is 13.8 Å². The maximum atomic E-state index is 11.8. The summed E-state index contributed by atoms with van der Waals surface area (Å²) in [5.41, 5.74) is -0.603. The van der Waals surface area contributed by atoms with E-state index in [4.69, 9.17) is 9.47 Å². The van der Waals surface area contributed by atoms with E-state index in [0.29, 0.717) is 5.57 Å². The van der Waals surface area contributed by atoms with Crippen LogP contribution in [0.5, 0.6) is 0 Å². The monoisotopic (exact) mass is 212 g/mol. The molecule has 0 saturated heterocycles. The normalized spacial score (nSPS) is 25.1. The van der Waals surface area contributed by atoms with E-state index in [9.17, 15) is 9.59 Å². The van der Waals surface area contributed by atoms with Crippen molar-refractivity contribution in [2.45, 2.75) is 33.3 Å². The minimum atomic E-state index is -1.22. The van der Waals surface area contributed by atoms with Crippen LogP contribution in [0.1, 0.15) is 27.7 Å². The number of hydrogen-bond donors (Lipinski definition) is 0. The van der Waals surface area contributed by atoms with Gasteiger partial charge in [0.05, 0.1) is 6.61 Å². The van der Waals surface area contributed by atoms with E-state index in [1.165, 1.54) is 6.08 Å². The average molecular weight is 212 g/mol. The second-order valence-electron chi connectivity index (χ2n) is 3.86. The van der Waals surface area contributed by atoms with Crippen molar-refractivity contribution < 1.29 is 19.1 Å². The van der Waals surface area contributed by atoms with Gasteiger partial charge in [0.2, 0.25) is 5.60 Å². The minimum absolute atomic E-state index is 0.140. The SMILES string of the molecule is CCOC(=O)C1(C(C)C)OC(=O)C=C1C. The van der Waals surface area contributed by atoms with Gasteiger partial charge in [-0.15, -0.1) is 0 Å². The molecule has 0 aromatic heterocycles. The van der Waals surface area contributed by atoms with Gasteiger partial charge in [-0.2, -0.15) is 0 Å². The van der Waals surface area contributed by atoms with E-state index >= 15 is 0 Å². The summed E-state index contributed by atoms with van der Waals surface area (Å²) in [6.07, 6.45) is 1.34. The van der Waals surface area contributed by atoms with Crippen LogP contribution in [-0.2, 0) is 19.1 Å². The Kier molecular flexibility index (Phi) is 3.17. The van der Waals surface area contributed by atoms with Crippen LogP contribution in [0.25, 0.3) is 0 Å². The Hall–Kier alpha value is -1.32. The fraction of sp³-hybridized carbons (Fsp3) is 0.636.